The zero-order valence-electron chi connectivity index (χ0n) is 15.9. The zero-order chi connectivity index (χ0) is 18.2. The fourth-order valence-corrected chi connectivity index (χ4v) is 4.52. The van der Waals surface area contributed by atoms with Gasteiger partial charge in [-0.25, -0.2) is 0 Å². The van der Waals surface area contributed by atoms with Gasteiger partial charge in [-0.3, -0.25) is 0 Å². The van der Waals surface area contributed by atoms with E-state index in [0.717, 1.165) is 11.5 Å². The molecule has 0 radical (unpaired) electrons. The van der Waals surface area contributed by atoms with Crippen LogP contribution in [0.15, 0.2) is 42.6 Å². The number of pyridine rings is 1. The Morgan fingerprint density at radius 3 is 2.62 bits per heavy atom. The molecule has 0 saturated carbocycles. The van der Waals surface area contributed by atoms with Crippen molar-refractivity contribution in [1.82, 2.24) is 4.57 Å². The first kappa shape index (κ1) is 15.4. The van der Waals surface area contributed by atoms with Gasteiger partial charge in [0, 0.05) is 24.9 Å². The van der Waals surface area contributed by atoms with E-state index in [4.69, 9.17) is 4.74 Å². The number of aromatic nitrogens is 2. The number of ether oxygens (including phenoxy) is 1. The molecule has 0 N–H and O–H groups in total. The Kier molecular flexibility index (Phi) is 3.03. The van der Waals surface area contributed by atoms with Crippen molar-refractivity contribution >= 4 is 21.8 Å². The maximum atomic E-state index is 6.57. The lowest BCUT2D eigenvalue weighted by Crippen LogP contribution is -2.34. The summed E-state index contributed by atoms with van der Waals surface area (Å²) in [6.45, 7) is 6.70. The Labute approximate surface area is 153 Å². The quantitative estimate of drug-likeness (QED) is 0.375. The topological polar surface area (TPSA) is 18.0 Å². The van der Waals surface area contributed by atoms with Crippen LogP contribution >= 0.6 is 0 Å². The molecular formula is C23H23N2O+. The van der Waals surface area contributed by atoms with Crippen LogP contribution in [-0.2, 0) is 14.1 Å². The molecule has 130 valence electrons. The minimum absolute atomic E-state index is 0.375. The highest BCUT2D eigenvalue weighted by Crippen LogP contribution is 2.50. The van der Waals surface area contributed by atoms with Gasteiger partial charge < -0.3 is 9.30 Å². The van der Waals surface area contributed by atoms with E-state index in [0.29, 0.717) is 5.92 Å². The molecule has 2 aromatic heterocycles. The molecule has 4 aromatic rings. The number of benzene rings is 2. The molecule has 3 heteroatoms. The third kappa shape index (κ3) is 1.80. The molecule has 0 aliphatic carbocycles. The molecule has 0 fully saturated rings. The van der Waals surface area contributed by atoms with E-state index < -0.39 is 0 Å². The average Bonchev–Trinajstić information content (AvgIpc) is 2.93. The monoisotopic (exact) mass is 343 g/mol. The lowest BCUT2D eigenvalue weighted by Gasteiger charge is -2.23. The van der Waals surface area contributed by atoms with Gasteiger partial charge in [0.25, 0.3) is 5.69 Å². The van der Waals surface area contributed by atoms with Crippen LogP contribution in [0.1, 0.15) is 30.9 Å². The summed E-state index contributed by atoms with van der Waals surface area (Å²) in [6, 6.07) is 13.1. The molecule has 2 aromatic carbocycles. The summed E-state index contributed by atoms with van der Waals surface area (Å²) in [5.41, 5.74) is 7.53. The number of nitrogens with zero attached hydrogens (tertiary/aromatic N) is 2. The van der Waals surface area contributed by atoms with Crippen molar-refractivity contribution < 1.29 is 9.30 Å². The summed E-state index contributed by atoms with van der Waals surface area (Å²) in [7, 11) is 4.24. The van der Waals surface area contributed by atoms with Crippen LogP contribution in [0, 0.1) is 6.92 Å². The minimum Gasteiger partial charge on any atom is -0.448 e. The molecule has 5 rings (SSSR count). The van der Waals surface area contributed by atoms with Crippen molar-refractivity contribution in [2.45, 2.75) is 26.7 Å². The summed E-state index contributed by atoms with van der Waals surface area (Å²) in [6.07, 6.45) is 2.11. The van der Waals surface area contributed by atoms with Crippen LogP contribution in [0.4, 0.5) is 0 Å². The Morgan fingerprint density at radius 1 is 1.08 bits per heavy atom. The zero-order valence-corrected chi connectivity index (χ0v) is 15.9. The van der Waals surface area contributed by atoms with Crippen LogP contribution in [-0.4, -0.2) is 4.57 Å². The van der Waals surface area contributed by atoms with E-state index in [1.807, 2.05) is 0 Å². The summed E-state index contributed by atoms with van der Waals surface area (Å²) in [5, 5.41) is 2.49. The Morgan fingerprint density at radius 2 is 1.85 bits per heavy atom. The fourth-order valence-electron chi connectivity index (χ4n) is 4.52. The number of aryl methyl sites for hydroxylation is 3. The van der Waals surface area contributed by atoms with E-state index in [2.05, 4.69) is 86.6 Å². The Balaban J connectivity index is 2.05. The average molecular weight is 343 g/mol. The number of rotatable bonds is 1. The van der Waals surface area contributed by atoms with Gasteiger partial charge in [0.05, 0.1) is 21.9 Å². The third-order valence-corrected chi connectivity index (χ3v) is 5.71. The molecule has 0 spiro atoms. The van der Waals surface area contributed by atoms with Gasteiger partial charge in [0.1, 0.15) is 7.05 Å². The molecule has 0 saturated heterocycles. The van der Waals surface area contributed by atoms with Gasteiger partial charge >= 0.3 is 0 Å². The molecule has 0 bridgehead atoms. The first-order chi connectivity index (χ1) is 12.5. The highest BCUT2D eigenvalue weighted by Gasteiger charge is 2.35. The molecule has 0 unspecified atom stereocenters. The second kappa shape index (κ2) is 5.10. The summed E-state index contributed by atoms with van der Waals surface area (Å²) < 4.78 is 11.0. The van der Waals surface area contributed by atoms with Crippen LogP contribution in [0.2, 0.25) is 0 Å². The SMILES string of the molecule is Cc1ccc2c3c(cn2C)Oc2c(C(C)C)c4ccccc4[n+](C)c2-c13. The number of hydrogen-bond donors (Lipinski definition) is 0. The van der Waals surface area contributed by atoms with Gasteiger partial charge in [-0.2, -0.15) is 4.57 Å². The smallest absolute Gasteiger partial charge is 0.257 e. The second-order valence-corrected chi connectivity index (χ2v) is 7.68. The largest absolute Gasteiger partial charge is 0.448 e. The van der Waals surface area contributed by atoms with E-state index in [1.54, 1.807) is 0 Å². The van der Waals surface area contributed by atoms with Crippen molar-refractivity contribution in [2.24, 2.45) is 14.1 Å². The normalized spacial score (nSPS) is 12.7. The molecule has 26 heavy (non-hydrogen) atoms. The third-order valence-electron chi connectivity index (χ3n) is 5.71. The summed E-state index contributed by atoms with van der Waals surface area (Å²) in [5.74, 6) is 2.35. The number of para-hydroxylation sites is 1. The molecule has 3 heterocycles. The molecular weight excluding hydrogens is 320 g/mol. The van der Waals surface area contributed by atoms with Gasteiger partial charge in [-0.05, 0) is 30.5 Å². The van der Waals surface area contributed by atoms with Crippen LogP contribution in [0.25, 0.3) is 33.1 Å². The van der Waals surface area contributed by atoms with Crippen LogP contribution in [0.3, 0.4) is 0 Å². The fraction of sp³-hybridized carbons (Fsp3) is 0.261. The molecule has 1 aliphatic heterocycles. The summed E-state index contributed by atoms with van der Waals surface area (Å²) >= 11 is 0. The highest BCUT2D eigenvalue weighted by atomic mass is 16.5. The van der Waals surface area contributed by atoms with Crippen molar-refractivity contribution in [3.05, 3.63) is 53.7 Å². The van der Waals surface area contributed by atoms with E-state index in [9.17, 15) is 0 Å². The van der Waals surface area contributed by atoms with Gasteiger partial charge in [-0.15, -0.1) is 0 Å². The van der Waals surface area contributed by atoms with E-state index in [-0.39, 0.29) is 0 Å². The van der Waals surface area contributed by atoms with Crippen LogP contribution < -0.4 is 9.30 Å². The lowest BCUT2D eigenvalue weighted by atomic mass is 9.90. The lowest BCUT2D eigenvalue weighted by molar-refractivity contribution is -0.633. The maximum absolute atomic E-state index is 6.57. The predicted molar refractivity (Wildman–Crippen MR) is 106 cm³/mol. The first-order valence-electron chi connectivity index (χ1n) is 9.20. The van der Waals surface area contributed by atoms with Crippen molar-refractivity contribution in [3.8, 4) is 22.8 Å². The molecule has 0 atom stereocenters. The maximum Gasteiger partial charge on any atom is 0.257 e. The van der Waals surface area contributed by atoms with Crippen LogP contribution in [0.5, 0.6) is 11.5 Å². The van der Waals surface area contributed by atoms with Crippen molar-refractivity contribution in [1.29, 1.82) is 0 Å². The molecule has 1 aliphatic rings. The second-order valence-electron chi connectivity index (χ2n) is 7.68. The highest BCUT2D eigenvalue weighted by molar-refractivity contribution is 6.04. The van der Waals surface area contributed by atoms with E-state index >= 15 is 0 Å². The van der Waals surface area contributed by atoms with Gasteiger partial charge in [0.2, 0.25) is 11.3 Å². The Bertz CT molecular complexity index is 1210. The summed E-state index contributed by atoms with van der Waals surface area (Å²) in [4.78, 5) is 0. The Hall–Kier alpha value is -2.81. The number of hydrogen-bond acceptors (Lipinski definition) is 1. The van der Waals surface area contributed by atoms with Crippen molar-refractivity contribution in [2.75, 3.05) is 0 Å². The van der Waals surface area contributed by atoms with Crippen molar-refractivity contribution in [3.63, 3.8) is 0 Å². The van der Waals surface area contributed by atoms with E-state index in [1.165, 1.54) is 44.2 Å². The number of fused-ring (bicyclic) bond motifs is 3. The van der Waals surface area contributed by atoms with Gasteiger partial charge in [-0.1, -0.05) is 32.0 Å². The standard InChI is InChI=1S/C23H23N2O/c1-13(2)19-15-8-6-7-9-16(15)25(5)22-20-14(3)10-11-17-21(20)18(12-24(17)4)26-23(19)22/h6-13H,1-5H3/q+1. The predicted octanol–water partition coefficient (Wildman–Crippen LogP) is 5.36. The minimum atomic E-state index is 0.375. The van der Waals surface area contributed by atoms with Gasteiger partial charge in [0.15, 0.2) is 5.75 Å². The first-order valence-corrected chi connectivity index (χ1v) is 9.20. The molecule has 3 nitrogen and oxygen atoms in total. The molecule has 0 amide bonds.